The van der Waals surface area contributed by atoms with E-state index in [9.17, 15) is 17.6 Å². The van der Waals surface area contributed by atoms with Crippen LogP contribution in [0.15, 0.2) is 16.6 Å². The molecule has 1 aromatic rings. The van der Waals surface area contributed by atoms with E-state index in [0.29, 0.717) is 26.2 Å². The summed E-state index contributed by atoms with van der Waals surface area (Å²) in [5.41, 5.74) is -0.555. The van der Waals surface area contributed by atoms with Gasteiger partial charge in [0.15, 0.2) is 0 Å². The van der Waals surface area contributed by atoms with Crippen LogP contribution in [0.1, 0.15) is 11.6 Å². The van der Waals surface area contributed by atoms with E-state index < -0.39 is 29.7 Å². The Balaban J connectivity index is 2.38. The molecule has 7 heteroatoms. The number of halogens is 5. The first-order chi connectivity index (χ1) is 9.00. The molecule has 1 N–H and O–H groups in total. The molecule has 2 rings (SSSR count). The zero-order valence-electron chi connectivity index (χ0n) is 9.97. The zero-order valence-corrected chi connectivity index (χ0v) is 11.6. The lowest BCUT2D eigenvalue weighted by Gasteiger charge is -2.34. The van der Waals surface area contributed by atoms with Crippen LogP contribution in [0.5, 0.6) is 0 Å². The molecule has 0 aromatic heterocycles. The van der Waals surface area contributed by atoms with Crippen LogP contribution in [0.25, 0.3) is 0 Å². The van der Waals surface area contributed by atoms with Gasteiger partial charge < -0.3 is 5.32 Å². The lowest BCUT2D eigenvalue weighted by molar-refractivity contribution is 0.0145. The molecular weight excluding hydrogens is 328 g/mol. The number of hydrogen-bond acceptors (Lipinski definition) is 2. The van der Waals surface area contributed by atoms with Gasteiger partial charge in [-0.2, -0.15) is 0 Å². The molecule has 0 radical (unpaired) electrons. The van der Waals surface area contributed by atoms with Crippen molar-refractivity contribution in [2.75, 3.05) is 26.2 Å². The predicted octanol–water partition coefficient (Wildman–Crippen LogP) is 2.94. The lowest BCUT2D eigenvalue weighted by atomic mass is 10.0. The minimum atomic E-state index is -2.84. The van der Waals surface area contributed by atoms with Gasteiger partial charge in [0.2, 0.25) is 0 Å². The third kappa shape index (κ3) is 3.27. The average molecular weight is 341 g/mol. The van der Waals surface area contributed by atoms with Gasteiger partial charge in [0, 0.05) is 36.2 Å². The number of hydrogen-bond donors (Lipinski definition) is 1. The van der Waals surface area contributed by atoms with Gasteiger partial charge in [-0.05, 0) is 12.1 Å². The van der Waals surface area contributed by atoms with Crippen molar-refractivity contribution < 1.29 is 17.6 Å². The molecule has 19 heavy (non-hydrogen) atoms. The number of piperazine rings is 1. The van der Waals surface area contributed by atoms with E-state index in [1.54, 1.807) is 0 Å². The minimum absolute atomic E-state index is 0.194. The van der Waals surface area contributed by atoms with Crippen LogP contribution in [0, 0.1) is 11.6 Å². The van der Waals surface area contributed by atoms with Crippen LogP contribution in [-0.4, -0.2) is 37.5 Å². The Labute approximate surface area is 116 Å². The lowest BCUT2D eigenvalue weighted by Crippen LogP contribution is -2.47. The second-order valence-corrected chi connectivity index (χ2v) is 5.26. The summed E-state index contributed by atoms with van der Waals surface area (Å²) in [6.07, 6.45) is -2.84. The summed E-state index contributed by atoms with van der Waals surface area (Å²) in [6.45, 7) is 1.74. The largest absolute Gasteiger partial charge is 0.314 e. The summed E-state index contributed by atoms with van der Waals surface area (Å²) < 4.78 is 54.3. The van der Waals surface area contributed by atoms with Crippen molar-refractivity contribution in [3.63, 3.8) is 0 Å². The maximum Gasteiger partial charge on any atom is 0.258 e. The Hall–Kier alpha value is -0.660. The molecule has 1 aliphatic rings. The normalized spacial score (nSPS) is 18.8. The van der Waals surface area contributed by atoms with Crippen molar-refractivity contribution in [1.29, 1.82) is 0 Å². The first kappa shape index (κ1) is 14.7. The van der Waals surface area contributed by atoms with E-state index in [2.05, 4.69) is 21.2 Å². The zero-order chi connectivity index (χ0) is 14.0. The standard InChI is InChI=1S/C12H13BrF4N2/c13-7-5-8(14)10(9(15)6-7)11(12(16)17)19-3-1-18-2-4-19/h5-6,11-12,18H,1-4H2/t11-/m1/s1. The maximum atomic E-state index is 13.8. The van der Waals surface area contributed by atoms with Crippen LogP contribution in [0.4, 0.5) is 17.6 Å². The Kier molecular flexibility index (Phi) is 4.81. The summed E-state index contributed by atoms with van der Waals surface area (Å²) in [5, 5.41) is 3.02. The second-order valence-electron chi connectivity index (χ2n) is 4.35. The van der Waals surface area contributed by atoms with Gasteiger partial charge in [-0.15, -0.1) is 0 Å². The predicted molar refractivity (Wildman–Crippen MR) is 67.2 cm³/mol. The van der Waals surface area contributed by atoms with Crippen LogP contribution < -0.4 is 5.32 Å². The summed E-state index contributed by atoms with van der Waals surface area (Å²) in [7, 11) is 0. The molecule has 0 amide bonds. The van der Waals surface area contributed by atoms with Gasteiger partial charge in [0.05, 0.1) is 0 Å². The topological polar surface area (TPSA) is 15.3 Å². The number of benzene rings is 1. The molecule has 1 heterocycles. The molecule has 1 atom stereocenters. The quantitative estimate of drug-likeness (QED) is 0.851. The van der Waals surface area contributed by atoms with E-state index >= 15 is 0 Å². The van der Waals surface area contributed by atoms with Crippen molar-refractivity contribution in [3.05, 3.63) is 33.8 Å². The fourth-order valence-corrected chi connectivity index (χ4v) is 2.67. The minimum Gasteiger partial charge on any atom is -0.314 e. The highest BCUT2D eigenvalue weighted by atomic mass is 79.9. The SMILES string of the molecule is Fc1cc(Br)cc(F)c1[C@H](C(F)F)N1CCNCC1. The van der Waals surface area contributed by atoms with Crippen molar-refractivity contribution in [3.8, 4) is 0 Å². The Morgan fingerprint density at radius 2 is 1.63 bits per heavy atom. The fraction of sp³-hybridized carbons (Fsp3) is 0.500. The number of nitrogens with one attached hydrogen (secondary N) is 1. The summed E-state index contributed by atoms with van der Waals surface area (Å²) in [4.78, 5) is 1.41. The summed E-state index contributed by atoms with van der Waals surface area (Å²) in [5.74, 6) is -1.90. The van der Waals surface area contributed by atoms with Crippen LogP contribution >= 0.6 is 15.9 Å². The highest BCUT2D eigenvalue weighted by Crippen LogP contribution is 2.33. The van der Waals surface area contributed by atoms with E-state index in [-0.39, 0.29) is 4.47 Å². The molecule has 0 saturated carbocycles. The van der Waals surface area contributed by atoms with Crippen molar-refractivity contribution >= 4 is 15.9 Å². The molecule has 1 fully saturated rings. The number of rotatable bonds is 3. The van der Waals surface area contributed by atoms with Gasteiger partial charge in [-0.3, -0.25) is 4.90 Å². The molecule has 106 valence electrons. The van der Waals surface area contributed by atoms with E-state index in [1.807, 2.05) is 0 Å². The number of nitrogens with zero attached hydrogens (tertiary/aromatic N) is 1. The van der Waals surface area contributed by atoms with E-state index in [1.165, 1.54) is 4.90 Å². The van der Waals surface area contributed by atoms with E-state index in [4.69, 9.17) is 0 Å². The highest BCUT2D eigenvalue weighted by Gasteiger charge is 2.34. The first-order valence-corrected chi connectivity index (χ1v) is 6.67. The molecule has 0 unspecified atom stereocenters. The third-order valence-electron chi connectivity index (χ3n) is 3.12. The smallest absolute Gasteiger partial charge is 0.258 e. The van der Waals surface area contributed by atoms with E-state index in [0.717, 1.165) is 12.1 Å². The third-order valence-corrected chi connectivity index (χ3v) is 3.58. The van der Waals surface area contributed by atoms with Crippen LogP contribution in [-0.2, 0) is 0 Å². The van der Waals surface area contributed by atoms with Gasteiger partial charge >= 0.3 is 0 Å². The molecule has 1 saturated heterocycles. The van der Waals surface area contributed by atoms with Crippen LogP contribution in [0.3, 0.4) is 0 Å². The Morgan fingerprint density at radius 1 is 1.11 bits per heavy atom. The Bertz CT molecular complexity index is 426. The molecule has 1 aromatic carbocycles. The number of alkyl halides is 2. The van der Waals surface area contributed by atoms with Gasteiger partial charge in [0.25, 0.3) is 6.43 Å². The van der Waals surface area contributed by atoms with Crippen molar-refractivity contribution in [2.45, 2.75) is 12.5 Å². The average Bonchev–Trinajstić information content (AvgIpc) is 2.34. The molecule has 2 nitrogen and oxygen atoms in total. The monoisotopic (exact) mass is 340 g/mol. The van der Waals surface area contributed by atoms with Gasteiger partial charge in [0.1, 0.15) is 17.7 Å². The fourth-order valence-electron chi connectivity index (χ4n) is 2.26. The summed E-state index contributed by atoms with van der Waals surface area (Å²) in [6, 6.07) is 0.474. The van der Waals surface area contributed by atoms with Crippen molar-refractivity contribution in [2.24, 2.45) is 0 Å². The Morgan fingerprint density at radius 3 is 2.11 bits per heavy atom. The molecule has 1 aliphatic heterocycles. The van der Waals surface area contributed by atoms with Gasteiger partial charge in [-0.1, -0.05) is 15.9 Å². The van der Waals surface area contributed by atoms with Crippen molar-refractivity contribution in [1.82, 2.24) is 10.2 Å². The highest BCUT2D eigenvalue weighted by molar-refractivity contribution is 9.10. The maximum absolute atomic E-state index is 13.8. The second kappa shape index (κ2) is 6.19. The molecule has 0 spiro atoms. The molecule has 0 aliphatic carbocycles. The molecular formula is C12H13BrF4N2. The van der Waals surface area contributed by atoms with Gasteiger partial charge in [-0.25, -0.2) is 17.6 Å². The summed E-state index contributed by atoms with van der Waals surface area (Å²) >= 11 is 2.94. The van der Waals surface area contributed by atoms with Crippen LogP contribution in [0.2, 0.25) is 0 Å². The molecule has 0 bridgehead atoms. The first-order valence-electron chi connectivity index (χ1n) is 5.88.